The quantitative estimate of drug-likeness (QED) is 0.668. The normalized spacial score (nSPS) is 49.7. The van der Waals surface area contributed by atoms with E-state index in [0.717, 1.165) is 51.4 Å². The third-order valence-electron chi connectivity index (χ3n) is 10.1. The summed E-state index contributed by atoms with van der Waals surface area (Å²) >= 11 is 0. The van der Waals surface area contributed by atoms with Gasteiger partial charge >= 0.3 is 5.97 Å². The van der Waals surface area contributed by atoms with Gasteiger partial charge in [-0.25, -0.2) is 0 Å². The Balaban J connectivity index is 1.19. The summed E-state index contributed by atoms with van der Waals surface area (Å²) in [6.45, 7) is 3.40. The van der Waals surface area contributed by atoms with E-state index in [-0.39, 0.29) is 28.6 Å². The molecule has 5 heteroatoms. The largest absolute Gasteiger partial charge is 0.454 e. The summed E-state index contributed by atoms with van der Waals surface area (Å²) in [6, 6.07) is 0. The number of ketones is 1. The lowest BCUT2D eigenvalue weighted by molar-refractivity contribution is -0.185. The molecule has 3 unspecified atom stereocenters. The molecule has 0 radical (unpaired) electrons. The number of amides is 1. The fourth-order valence-electron chi connectivity index (χ4n) is 10.2. The first-order chi connectivity index (χ1) is 14.7. The predicted molar refractivity (Wildman–Crippen MR) is 115 cm³/mol. The van der Waals surface area contributed by atoms with E-state index in [4.69, 9.17) is 4.74 Å². The van der Waals surface area contributed by atoms with Crippen molar-refractivity contribution in [3.63, 3.8) is 0 Å². The maximum Gasteiger partial charge on any atom is 0.312 e. The zero-order valence-corrected chi connectivity index (χ0v) is 19.1. The number of nitrogens with one attached hydrogen (secondary N) is 1. The number of ether oxygens (including phenoxy) is 1. The van der Waals surface area contributed by atoms with Gasteiger partial charge in [-0.05, 0) is 114 Å². The lowest BCUT2D eigenvalue weighted by Gasteiger charge is -2.61. The Morgan fingerprint density at radius 2 is 1.26 bits per heavy atom. The Labute approximate surface area is 185 Å². The van der Waals surface area contributed by atoms with Crippen molar-refractivity contribution in [2.24, 2.45) is 40.4 Å². The molecule has 0 aliphatic heterocycles. The summed E-state index contributed by atoms with van der Waals surface area (Å²) in [4.78, 5) is 39.1. The highest BCUT2D eigenvalue weighted by Gasteiger charge is 2.62. The van der Waals surface area contributed by atoms with Crippen molar-refractivity contribution in [3.8, 4) is 0 Å². The van der Waals surface area contributed by atoms with Gasteiger partial charge in [-0.2, -0.15) is 0 Å². The van der Waals surface area contributed by atoms with Crippen molar-refractivity contribution in [1.29, 1.82) is 0 Å². The second kappa shape index (κ2) is 6.57. The van der Waals surface area contributed by atoms with Crippen molar-refractivity contribution in [1.82, 2.24) is 5.32 Å². The molecular weight excluding hydrogens is 390 g/mol. The number of rotatable bonds is 5. The summed E-state index contributed by atoms with van der Waals surface area (Å²) in [5.74, 6) is 3.11. The lowest BCUT2D eigenvalue weighted by Crippen LogP contribution is -2.65. The van der Waals surface area contributed by atoms with Gasteiger partial charge in [0.15, 0.2) is 11.9 Å². The van der Waals surface area contributed by atoms with E-state index < -0.39 is 11.5 Å². The van der Waals surface area contributed by atoms with Gasteiger partial charge in [-0.3, -0.25) is 14.4 Å². The standard InChI is InChI=1S/C26H37NO4/c1-15(22(29)24-7-17-3-18(8-24)5-19(4-17)9-24)31-23(30)25-10-20-6-21(11-25)13-26(12-20,14-25)27-16(2)28/h15,17-21H,3-14H2,1-2H3,(H,27,28). The van der Waals surface area contributed by atoms with Gasteiger partial charge in [-0.15, -0.1) is 0 Å². The molecule has 0 spiro atoms. The molecule has 8 bridgehead atoms. The minimum Gasteiger partial charge on any atom is -0.454 e. The van der Waals surface area contributed by atoms with E-state index in [0.29, 0.717) is 36.0 Å². The topological polar surface area (TPSA) is 72.5 Å². The maximum absolute atomic E-state index is 13.6. The second-order valence-electron chi connectivity index (χ2n) is 12.8. The molecular formula is C26H37NO4. The van der Waals surface area contributed by atoms with E-state index in [2.05, 4.69) is 5.32 Å². The van der Waals surface area contributed by atoms with Gasteiger partial charge < -0.3 is 10.1 Å². The van der Waals surface area contributed by atoms with Crippen molar-refractivity contribution in [2.75, 3.05) is 0 Å². The molecule has 1 amide bonds. The molecule has 0 heterocycles. The smallest absolute Gasteiger partial charge is 0.312 e. The molecule has 0 aromatic heterocycles. The van der Waals surface area contributed by atoms with Crippen molar-refractivity contribution < 1.29 is 19.1 Å². The van der Waals surface area contributed by atoms with Crippen molar-refractivity contribution in [2.45, 2.75) is 103 Å². The Kier molecular flexibility index (Phi) is 4.29. The number of hydrogen-bond donors (Lipinski definition) is 1. The van der Waals surface area contributed by atoms with Crippen LogP contribution in [0.25, 0.3) is 0 Å². The van der Waals surface area contributed by atoms with Gasteiger partial charge in [0.25, 0.3) is 0 Å². The molecule has 8 rings (SSSR count). The van der Waals surface area contributed by atoms with Crippen LogP contribution in [0.2, 0.25) is 0 Å². The Bertz CT molecular complexity index is 782. The number of hydrogen-bond acceptors (Lipinski definition) is 4. The molecule has 0 aromatic rings. The zero-order chi connectivity index (χ0) is 21.6. The van der Waals surface area contributed by atoms with Crippen LogP contribution in [-0.4, -0.2) is 29.3 Å². The molecule has 0 aromatic carbocycles. The van der Waals surface area contributed by atoms with Crippen LogP contribution >= 0.6 is 0 Å². The maximum atomic E-state index is 13.6. The highest BCUT2D eigenvalue weighted by atomic mass is 16.5. The van der Waals surface area contributed by atoms with E-state index in [1.807, 2.05) is 6.92 Å². The van der Waals surface area contributed by atoms with E-state index in [1.165, 1.54) is 19.3 Å². The Morgan fingerprint density at radius 1 is 0.774 bits per heavy atom. The summed E-state index contributed by atoms with van der Waals surface area (Å²) in [7, 11) is 0. The summed E-state index contributed by atoms with van der Waals surface area (Å²) in [5.41, 5.74) is -0.988. The van der Waals surface area contributed by atoms with Crippen molar-refractivity contribution >= 4 is 17.7 Å². The molecule has 8 fully saturated rings. The highest BCUT2D eigenvalue weighted by Crippen LogP contribution is 2.63. The number of carbonyl (C=O) groups excluding carboxylic acids is 3. The zero-order valence-electron chi connectivity index (χ0n) is 19.1. The first-order valence-electron chi connectivity index (χ1n) is 12.7. The van der Waals surface area contributed by atoms with Crippen LogP contribution in [0.15, 0.2) is 0 Å². The van der Waals surface area contributed by atoms with E-state index in [9.17, 15) is 14.4 Å². The minimum absolute atomic E-state index is 0.00386. The summed E-state index contributed by atoms with van der Waals surface area (Å²) < 4.78 is 6.04. The van der Waals surface area contributed by atoms with Crippen LogP contribution in [0.1, 0.15) is 90.9 Å². The molecule has 170 valence electrons. The van der Waals surface area contributed by atoms with E-state index in [1.54, 1.807) is 6.92 Å². The fourth-order valence-corrected chi connectivity index (χ4v) is 10.2. The second-order valence-corrected chi connectivity index (χ2v) is 12.8. The minimum atomic E-state index is -0.645. The third-order valence-corrected chi connectivity index (χ3v) is 10.1. The van der Waals surface area contributed by atoms with Crippen LogP contribution in [0.4, 0.5) is 0 Å². The molecule has 8 saturated carbocycles. The highest BCUT2D eigenvalue weighted by molar-refractivity contribution is 5.91. The van der Waals surface area contributed by atoms with Crippen molar-refractivity contribution in [3.05, 3.63) is 0 Å². The molecule has 0 saturated heterocycles. The van der Waals surface area contributed by atoms with Gasteiger partial charge in [0.1, 0.15) is 0 Å². The van der Waals surface area contributed by atoms with Crippen LogP contribution in [0, 0.1) is 40.4 Å². The summed E-state index contributed by atoms with van der Waals surface area (Å²) in [5, 5.41) is 3.22. The predicted octanol–water partition coefficient (Wildman–Crippen LogP) is 4.18. The monoisotopic (exact) mass is 427 g/mol. The lowest BCUT2D eigenvalue weighted by atomic mass is 9.46. The third kappa shape index (κ3) is 3.12. The number of carbonyl (C=O) groups is 3. The number of esters is 1. The molecule has 5 nitrogen and oxygen atoms in total. The molecule has 31 heavy (non-hydrogen) atoms. The van der Waals surface area contributed by atoms with Gasteiger partial charge in [0.05, 0.1) is 5.41 Å². The van der Waals surface area contributed by atoms with Crippen LogP contribution in [0.5, 0.6) is 0 Å². The molecule has 8 aliphatic rings. The molecule has 8 aliphatic carbocycles. The summed E-state index contributed by atoms with van der Waals surface area (Å²) in [6.07, 6.45) is 11.9. The SMILES string of the molecule is CC(=O)NC12CC3CC(C1)CC(C(=O)OC(C)C(=O)C14CC5CC(CC(C5)C1)C4)(C3)C2. The first kappa shape index (κ1) is 20.2. The molecule has 3 atom stereocenters. The van der Waals surface area contributed by atoms with Gasteiger partial charge in [0, 0.05) is 17.9 Å². The van der Waals surface area contributed by atoms with Crippen LogP contribution < -0.4 is 5.32 Å². The van der Waals surface area contributed by atoms with Gasteiger partial charge in [0.2, 0.25) is 5.91 Å². The molecule has 1 N–H and O–H groups in total. The Morgan fingerprint density at radius 3 is 1.77 bits per heavy atom. The first-order valence-corrected chi connectivity index (χ1v) is 12.7. The Hall–Kier alpha value is -1.39. The average Bonchev–Trinajstić information content (AvgIpc) is 2.64. The van der Waals surface area contributed by atoms with E-state index >= 15 is 0 Å². The fraction of sp³-hybridized carbons (Fsp3) is 0.885. The van der Waals surface area contributed by atoms with Gasteiger partial charge in [-0.1, -0.05) is 0 Å². The van der Waals surface area contributed by atoms with Crippen LogP contribution in [0.3, 0.4) is 0 Å². The average molecular weight is 428 g/mol. The number of Topliss-reactive ketones (excluding diaryl/α,β-unsaturated/α-hetero) is 1. The van der Waals surface area contributed by atoms with Crippen LogP contribution in [-0.2, 0) is 19.1 Å².